The van der Waals surface area contributed by atoms with Crippen molar-refractivity contribution in [2.24, 2.45) is 0 Å². The zero-order valence-corrected chi connectivity index (χ0v) is 12.9. The normalized spacial score (nSPS) is 23.4. The average molecular weight is 336 g/mol. The Balaban J connectivity index is 1.71. The molecule has 0 amide bonds. The molecule has 1 saturated heterocycles. The smallest absolute Gasteiger partial charge is 0.112 e. The van der Waals surface area contributed by atoms with Crippen LogP contribution in [0, 0.1) is 0 Å². The number of nitrogens with zero attached hydrogens (tertiary/aromatic N) is 2. The molecule has 1 unspecified atom stereocenters. The van der Waals surface area contributed by atoms with E-state index < -0.39 is 0 Å². The summed E-state index contributed by atoms with van der Waals surface area (Å²) in [6.07, 6.45) is 3.70. The van der Waals surface area contributed by atoms with Crippen molar-refractivity contribution in [1.82, 2.24) is 14.9 Å². The quantitative estimate of drug-likeness (QED) is 0.937. The van der Waals surface area contributed by atoms with Gasteiger partial charge in [0.25, 0.3) is 0 Å². The van der Waals surface area contributed by atoms with Crippen LogP contribution >= 0.6 is 15.9 Å². The van der Waals surface area contributed by atoms with Crippen molar-refractivity contribution in [2.45, 2.75) is 31.4 Å². The number of rotatable bonds is 3. The molecule has 0 radical (unpaired) electrons. The third-order valence-electron chi connectivity index (χ3n) is 4.05. The monoisotopic (exact) mass is 335 g/mol. The molecule has 0 spiro atoms. The summed E-state index contributed by atoms with van der Waals surface area (Å²) in [6.45, 7) is 2.69. The van der Waals surface area contributed by atoms with Crippen molar-refractivity contribution in [2.75, 3.05) is 19.7 Å². The van der Waals surface area contributed by atoms with Crippen molar-refractivity contribution in [1.29, 1.82) is 0 Å². The standard InChI is InChI=1S/C15H18BrN3O/c16-10-1-4-14-13(7-10)18-15(19(14)11-2-3-11)8-12-9-17-5-6-20-12/h1,4,7,11-12,17H,2-3,5-6,8-9H2. The number of morpholine rings is 1. The Kier molecular flexibility index (Phi) is 3.28. The zero-order valence-electron chi connectivity index (χ0n) is 11.3. The van der Waals surface area contributed by atoms with Crippen LogP contribution in [-0.2, 0) is 11.2 Å². The van der Waals surface area contributed by atoms with Gasteiger partial charge in [0.2, 0.25) is 0 Å². The fraction of sp³-hybridized carbons (Fsp3) is 0.533. The van der Waals surface area contributed by atoms with E-state index in [1.165, 1.54) is 24.2 Å². The third kappa shape index (κ3) is 2.38. The predicted molar refractivity (Wildman–Crippen MR) is 82.0 cm³/mol. The minimum atomic E-state index is 0.251. The van der Waals surface area contributed by atoms with Gasteiger partial charge in [-0.2, -0.15) is 0 Å². The molecule has 4 rings (SSSR count). The first-order chi connectivity index (χ1) is 9.81. The Bertz CT molecular complexity index is 629. The van der Waals surface area contributed by atoms with Crippen LogP contribution in [0.25, 0.3) is 11.0 Å². The molecule has 0 bridgehead atoms. The largest absolute Gasteiger partial charge is 0.375 e. The molecule has 2 fully saturated rings. The van der Waals surface area contributed by atoms with E-state index in [0.717, 1.165) is 36.1 Å². The highest BCUT2D eigenvalue weighted by atomic mass is 79.9. The van der Waals surface area contributed by atoms with Crippen LogP contribution < -0.4 is 5.32 Å². The maximum absolute atomic E-state index is 5.83. The lowest BCUT2D eigenvalue weighted by Crippen LogP contribution is -2.40. The minimum Gasteiger partial charge on any atom is -0.375 e. The van der Waals surface area contributed by atoms with Gasteiger partial charge in [-0.3, -0.25) is 0 Å². The second kappa shape index (κ2) is 5.13. The first kappa shape index (κ1) is 12.8. The molecule has 5 heteroatoms. The Morgan fingerprint density at radius 1 is 1.40 bits per heavy atom. The Hall–Kier alpha value is -0.910. The lowest BCUT2D eigenvalue weighted by molar-refractivity contribution is 0.0276. The summed E-state index contributed by atoms with van der Waals surface area (Å²) >= 11 is 3.53. The molecular formula is C15H18BrN3O. The highest BCUT2D eigenvalue weighted by Gasteiger charge is 2.29. The van der Waals surface area contributed by atoms with Gasteiger partial charge < -0.3 is 14.6 Å². The fourth-order valence-electron chi connectivity index (χ4n) is 2.96. The van der Waals surface area contributed by atoms with E-state index in [0.29, 0.717) is 6.04 Å². The number of aromatic nitrogens is 2. The maximum atomic E-state index is 5.83. The van der Waals surface area contributed by atoms with Gasteiger partial charge in [-0.05, 0) is 31.0 Å². The van der Waals surface area contributed by atoms with Gasteiger partial charge in [-0.25, -0.2) is 4.98 Å². The Morgan fingerprint density at radius 3 is 3.05 bits per heavy atom. The van der Waals surface area contributed by atoms with E-state index in [1.54, 1.807) is 0 Å². The van der Waals surface area contributed by atoms with Crippen molar-refractivity contribution >= 4 is 27.0 Å². The van der Waals surface area contributed by atoms with Gasteiger partial charge in [0.1, 0.15) is 5.82 Å². The molecule has 1 aromatic carbocycles. The number of imidazole rings is 1. The van der Waals surface area contributed by atoms with E-state index >= 15 is 0 Å². The van der Waals surface area contributed by atoms with Gasteiger partial charge >= 0.3 is 0 Å². The number of hydrogen-bond acceptors (Lipinski definition) is 3. The third-order valence-corrected chi connectivity index (χ3v) is 4.54. The molecule has 1 aliphatic carbocycles. The van der Waals surface area contributed by atoms with Crippen molar-refractivity contribution < 1.29 is 4.74 Å². The fourth-order valence-corrected chi connectivity index (χ4v) is 3.31. The molecule has 1 N–H and O–H groups in total. The lowest BCUT2D eigenvalue weighted by Gasteiger charge is -2.23. The molecular weight excluding hydrogens is 318 g/mol. The summed E-state index contributed by atoms with van der Waals surface area (Å²) in [4.78, 5) is 4.85. The van der Waals surface area contributed by atoms with Crippen molar-refractivity contribution in [3.8, 4) is 0 Å². The minimum absolute atomic E-state index is 0.251. The summed E-state index contributed by atoms with van der Waals surface area (Å²) in [7, 11) is 0. The van der Waals surface area contributed by atoms with Crippen LogP contribution in [0.5, 0.6) is 0 Å². The molecule has 1 atom stereocenters. The van der Waals surface area contributed by atoms with E-state index in [2.05, 4.69) is 44.0 Å². The highest BCUT2D eigenvalue weighted by molar-refractivity contribution is 9.10. The number of benzene rings is 1. The van der Waals surface area contributed by atoms with Gasteiger partial charge in [-0.15, -0.1) is 0 Å². The van der Waals surface area contributed by atoms with Crippen LogP contribution in [0.3, 0.4) is 0 Å². The molecule has 1 aliphatic heterocycles. The predicted octanol–water partition coefficient (Wildman–Crippen LogP) is 2.66. The molecule has 1 aromatic heterocycles. The van der Waals surface area contributed by atoms with Crippen LogP contribution in [0.1, 0.15) is 24.7 Å². The number of halogens is 1. The zero-order chi connectivity index (χ0) is 13.5. The molecule has 1 saturated carbocycles. The van der Waals surface area contributed by atoms with Crippen LogP contribution in [0.15, 0.2) is 22.7 Å². The maximum Gasteiger partial charge on any atom is 0.112 e. The summed E-state index contributed by atoms with van der Waals surface area (Å²) in [5.74, 6) is 1.18. The van der Waals surface area contributed by atoms with Gasteiger partial charge in [-0.1, -0.05) is 15.9 Å². The van der Waals surface area contributed by atoms with Crippen molar-refractivity contribution in [3.05, 3.63) is 28.5 Å². The van der Waals surface area contributed by atoms with E-state index in [-0.39, 0.29) is 6.10 Å². The van der Waals surface area contributed by atoms with Crippen LogP contribution in [0.2, 0.25) is 0 Å². The van der Waals surface area contributed by atoms with Gasteiger partial charge in [0.05, 0.1) is 23.7 Å². The summed E-state index contributed by atoms with van der Waals surface area (Å²) in [6, 6.07) is 7.03. The average Bonchev–Trinajstić information content (AvgIpc) is 3.22. The number of hydrogen-bond donors (Lipinski definition) is 1. The summed E-state index contributed by atoms with van der Waals surface area (Å²) in [5, 5.41) is 3.39. The Labute approximate surface area is 126 Å². The SMILES string of the molecule is Brc1ccc2c(c1)nc(CC1CNCCO1)n2C1CC1. The number of ether oxygens (including phenoxy) is 1. The van der Waals surface area contributed by atoms with Crippen LogP contribution in [-0.4, -0.2) is 35.4 Å². The van der Waals surface area contributed by atoms with Crippen molar-refractivity contribution in [3.63, 3.8) is 0 Å². The number of fused-ring (bicyclic) bond motifs is 1. The molecule has 20 heavy (non-hydrogen) atoms. The van der Waals surface area contributed by atoms with Gasteiger partial charge in [0, 0.05) is 30.0 Å². The first-order valence-electron chi connectivity index (χ1n) is 7.30. The van der Waals surface area contributed by atoms with E-state index in [9.17, 15) is 0 Å². The van der Waals surface area contributed by atoms with E-state index in [1.807, 2.05) is 0 Å². The molecule has 106 valence electrons. The first-order valence-corrected chi connectivity index (χ1v) is 8.09. The highest BCUT2D eigenvalue weighted by Crippen LogP contribution is 2.39. The second-order valence-corrected chi connectivity index (χ2v) is 6.58. The molecule has 2 aromatic rings. The van der Waals surface area contributed by atoms with Gasteiger partial charge in [0.15, 0.2) is 0 Å². The van der Waals surface area contributed by atoms with Crippen LogP contribution in [0.4, 0.5) is 0 Å². The topological polar surface area (TPSA) is 39.1 Å². The summed E-state index contributed by atoms with van der Waals surface area (Å²) < 4.78 is 9.35. The molecule has 2 heterocycles. The summed E-state index contributed by atoms with van der Waals surface area (Å²) in [5.41, 5.74) is 2.35. The second-order valence-electron chi connectivity index (χ2n) is 5.66. The molecule has 2 aliphatic rings. The lowest BCUT2D eigenvalue weighted by atomic mass is 10.2. The Morgan fingerprint density at radius 2 is 2.30 bits per heavy atom. The van der Waals surface area contributed by atoms with E-state index in [4.69, 9.17) is 9.72 Å². The number of nitrogens with one attached hydrogen (secondary N) is 1. The molecule has 4 nitrogen and oxygen atoms in total.